The molecule has 0 radical (unpaired) electrons. The Morgan fingerprint density at radius 2 is 1.03 bits per heavy atom. The SMILES string of the molecule is O=C(c1ccc(Oc2ccccc2)cc1)c1ccc(C2c3ccccc3Oc3ccccc32)cc1. The average Bonchev–Trinajstić information content (AvgIpc) is 2.92. The summed E-state index contributed by atoms with van der Waals surface area (Å²) in [5.74, 6) is 3.23. The Morgan fingerprint density at radius 1 is 0.543 bits per heavy atom. The van der Waals surface area contributed by atoms with Crippen molar-refractivity contribution in [3.8, 4) is 23.0 Å². The highest BCUT2D eigenvalue weighted by Gasteiger charge is 2.28. The Balaban J connectivity index is 1.26. The van der Waals surface area contributed by atoms with Gasteiger partial charge in [0.25, 0.3) is 0 Å². The molecular weight excluding hydrogens is 432 g/mol. The quantitative estimate of drug-likeness (QED) is 0.248. The summed E-state index contributed by atoms with van der Waals surface area (Å²) in [4.78, 5) is 13.1. The van der Waals surface area contributed by atoms with Crippen LogP contribution in [0.3, 0.4) is 0 Å². The van der Waals surface area contributed by atoms with E-state index in [0.29, 0.717) is 16.9 Å². The second kappa shape index (κ2) is 8.96. The zero-order valence-electron chi connectivity index (χ0n) is 18.9. The maximum Gasteiger partial charge on any atom is 0.193 e. The summed E-state index contributed by atoms with van der Waals surface area (Å²) in [6.07, 6.45) is 0. The molecule has 35 heavy (non-hydrogen) atoms. The highest BCUT2D eigenvalue weighted by atomic mass is 16.5. The molecule has 0 amide bonds. The molecule has 1 aliphatic rings. The number of rotatable bonds is 5. The van der Waals surface area contributed by atoms with Crippen molar-refractivity contribution in [3.05, 3.63) is 155 Å². The molecule has 5 aromatic rings. The first-order chi connectivity index (χ1) is 17.3. The van der Waals surface area contributed by atoms with Crippen LogP contribution in [-0.2, 0) is 0 Å². The van der Waals surface area contributed by atoms with Gasteiger partial charge in [0.2, 0.25) is 0 Å². The van der Waals surface area contributed by atoms with Crippen LogP contribution >= 0.6 is 0 Å². The van der Waals surface area contributed by atoms with Gasteiger partial charge in [-0.2, -0.15) is 0 Å². The van der Waals surface area contributed by atoms with Crippen LogP contribution in [-0.4, -0.2) is 5.78 Å². The van der Waals surface area contributed by atoms with Gasteiger partial charge in [-0.3, -0.25) is 4.79 Å². The lowest BCUT2D eigenvalue weighted by Crippen LogP contribution is -2.11. The molecule has 6 rings (SSSR count). The molecule has 0 aliphatic carbocycles. The van der Waals surface area contributed by atoms with Gasteiger partial charge in [0.1, 0.15) is 23.0 Å². The largest absolute Gasteiger partial charge is 0.457 e. The third-order valence-electron chi connectivity index (χ3n) is 6.28. The van der Waals surface area contributed by atoms with E-state index in [1.54, 1.807) is 12.1 Å². The van der Waals surface area contributed by atoms with Gasteiger partial charge in [0.05, 0.1) is 0 Å². The average molecular weight is 455 g/mol. The van der Waals surface area contributed by atoms with Gasteiger partial charge in [0.15, 0.2) is 5.78 Å². The number of carbonyl (C=O) groups excluding carboxylic acids is 1. The van der Waals surface area contributed by atoms with E-state index < -0.39 is 0 Å². The second-order valence-corrected chi connectivity index (χ2v) is 8.50. The Kier molecular flexibility index (Phi) is 5.36. The number of para-hydroxylation sites is 3. The minimum absolute atomic E-state index is 0.0180. The molecule has 0 aromatic heterocycles. The second-order valence-electron chi connectivity index (χ2n) is 8.50. The minimum Gasteiger partial charge on any atom is -0.457 e. The molecule has 0 fully saturated rings. The van der Waals surface area contributed by atoms with E-state index in [2.05, 4.69) is 12.1 Å². The number of ether oxygens (including phenoxy) is 2. The van der Waals surface area contributed by atoms with E-state index in [1.807, 2.05) is 103 Å². The van der Waals surface area contributed by atoms with Gasteiger partial charge in [-0.1, -0.05) is 78.9 Å². The molecule has 0 atom stereocenters. The van der Waals surface area contributed by atoms with Crippen molar-refractivity contribution in [1.82, 2.24) is 0 Å². The molecule has 0 N–H and O–H groups in total. The lowest BCUT2D eigenvalue weighted by atomic mass is 9.82. The number of hydrogen-bond donors (Lipinski definition) is 0. The maximum absolute atomic E-state index is 13.1. The third kappa shape index (κ3) is 4.09. The Morgan fingerprint density at radius 3 is 1.63 bits per heavy atom. The lowest BCUT2D eigenvalue weighted by molar-refractivity contribution is 0.103. The lowest BCUT2D eigenvalue weighted by Gasteiger charge is -2.28. The molecule has 5 aromatic carbocycles. The van der Waals surface area contributed by atoms with Gasteiger partial charge in [-0.05, 0) is 54.1 Å². The number of benzene rings is 5. The molecule has 3 heteroatoms. The standard InChI is InChI=1S/C32H22O3/c33-32(24-18-20-26(21-19-24)34-25-8-2-1-3-9-25)23-16-14-22(15-17-23)31-27-10-4-6-12-29(27)35-30-13-7-5-11-28(30)31/h1-21,31H. The van der Waals surface area contributed by atoms with E-state index >= 15 is 0 Å². The van der Waals surface area contributed by atoms with E-state index in [1.165, 1.54) is 0 Å². The van der Waals surface area contributed by atoms with Crippen LogP contribution in [0.4, 0.5) is 0 Å². The van der Waals surface area contributed by atoms with E-state index in [9.17, 15) is 4.79 Å². The predicted octanol–water partition coefficient (Wildman–Crippen LogP) is 8.00. The first-order valence-corrected chi connectivity index (χ1v) is 11.6. The Bertz CT molecular complexity index is 1440. The Labute approximate surface area is 204 Å². The zero-order chi connectivity index (χ0) is 23.6. The fourth-order valence-corrected chi connectivity index (χ4v) is 4.56. The van der Waals surface area contributed by atoms with Crippen molar-refractivity contribution < 1.29 is 14.3 Å². The molecular formula is C32H22O3. The molecule has 1 heterocycles. The summed E-state index contributed by atoms with van der Waals surface area (Å²) < 4.78 is 12.0. The van der Waals surface area contributed by atoms with Crippen molar-refractivity contribution >= 4 is 5.78 Å². The third-order valence-corrected chi connectivity index (χ3v) is 6.28. The number of fused-ring (bicyclic) bond motifs is 2. The summed E-state index contributed by atoms with van der Waals surface area (Å²) in [7, 11) is 0. The van der Waals surface area contributed by atoms with Crippen LogP contribution in [0.25, 0.3) is 0 Å². The van der Waals surface area contributed by atoms with Crippen molar-refractivity contribution in [2.75, 3.05) is 0 Å². The molecule has 0 unspecified atom stereocenters. The van der Waals surface area contributed by atoms with Crippen molar-refractivity contribution in [2.45, 2.75) is 5.92 Å². The number of carbonyl (C=O) groups is 1. The fraction of sp³-hybridized carbons (Fsp3) is 0.0312. The first-order valence-electron chi connectivity index (χ1n) is 11.6. The summed E-state index contributed by atoms with van der Waals surface area (Å²) in [6, 6.07) is 41.0. The summed E-state index contributed by atoms with van der Waals surface area (Å²) in [5, 5.41) is 0. The van der Waals surface area contributed by atoms with E-state index in [4.69, 9.17) is 9.47 Å². The topological polar surface area (TPSA) is 35.5 Å². The molecule has 1 aliphatic heterocycles. The normalized spacial score (nSPS) is 12.2. The molecule has 0 saturated heterocycles. The number of ketones is 1. The van der Waals surface area contributed by atoms with Crippen LogP contribution in [0.15, 0.2) is 127 Å². The van der Waals surface area contributed by atoms with Gasteiger partial charge < -0.3 is 9.47 Å². The van der Waals surface area contributed by atoms with Crippen LogP contribution in [0.5, 0.6) is 23.0 Å². The highest BCUT2D eigenvalue weighted by molar-refractivity contribution is 6.09. The monoisotopic (exact) mass is 454 g/mol. The molecule has 0 saturated carbocycles. The number of hydrogen-bond acceptors (Lipinski definition) is 3. The summed E-state index contributed by atoms with van der Waals surface area (Å²) in [6.45, 7) is 0. The molecule has 0 spiro atoms. The van der Waals surface area contributed by atoms with Crippen LogP contribution in [0, 0.1) is 0 Å². The zero-order valence-corrected chi connectivity index (χ0v) is 18.9. The smallest absolute Gasteiger partial charge is 0.193 e. The van der Waals surface area contributed by atoms with E-state index in [-0.39, 0.29) is 11.7 Å². The van der Waals surface area contributed by atoms with Crippen LogP contribution in [0.1, 0.15) is 38.5 Å². The minimum atomic E-state index is -0.0180. The van der Waals surface area contributed by atoms with Gasteiger partial charge >= 0.3 is 0 Å². The van der Waals surface area contributed by atoms with Crippen molar-refractivity contribution in [1.29, 1.82) is 0 Å². The predicted molar refractivity (Wildman–Crippen MR) is 137 cm³/mol. The Hall–Kier alpha value is -4.63. The van der Waals surface area contributed by atoms with Gasteiger partial charge in [-0.25, -0.2) is 0 Å². The van der Waals surface area contributed by atoms with Crippen LogP contribution in [0.2, 0.25) is 0 Å². The van der Waals surface area contributed by atoms with Gasteiger partial charge in [0, 0.05) is 28.2 Å². The van der Waals surface area contributed by atoms with Crippen molar-refractivity contribution in [2.24, 2.45) is 0 Å². The van der Waals surface area contributed by atoms with Crippen LogP contribution < -0.4 is 9.47 Å². The van der Waals surface area contributed by atoms with Crippen molar-refractivity contribution in [3.63, 3.8) is 0 Å². The highest BCUT2D eigenvalue weighted by Crippen LogP contribution is 2.46. The fourth-order valence-electron chi connectivity index (χ4n) is 4.56. The first kappa shape index (κ1) is 20.9. The maximum atomic E-state index is 13.1. The molecule has 3 nitrogen and oxygen atoms in total. The molecule has 168 valence electrons. The molecule has 0 bridgehead atoms. The van der Waals surface area contributed by atoms with E-state index in [0.717, 1.165) is 33.9 Å². The summed E-state index contributed by atoms with van der Waals surface area (Å²) in [5.41, 5.74) is 4.65. The summed E-state index contributed by atoms with van der Waals surface area (Å²) >= 11 is 0. The van der Waals surface area contributed by atoms with Gasteiger partial charge in [-0.15, -0.1) is 0 Å².